The summed E-state index contributed by atoms with van der Waals surface area (Å²) >= 11 is 7.40. The fraction of sp³-hybridized carbons (Fsp3) is 0.0556. The molecule has 0 fully saturated rings. The van der Waals surface area contributed by atoms with Gasteiger partial charge in [-0.3, -0.25) is 20.1 Å². The van der Waals surface area contributed by atoms with Crippen molar-refractivity contribution >= 4 is 44.9 Å². The molecule has 4 aromatic rings. The van der Waals surface area contributed by atoms with E-state index in [1.54, 1.807) is 30.6 Å². The molecule has 1 amide bonds. The molecule has 0 spiro atoms. The quantitative estimate of drug-likeness (QED) is 0.550. The minimum Gasteiger partial charge on any atom is -0.481 e. The maximum atomic E-state index is 12.2. The smallest absolute Gasteiger partial charge is 0.264 e. The van der Waals surface area contributed by atoms with Gasteiger partial charge in [0.15, 0.2) is 11.6 Å². The van der Waals surface area contributed by atoms with Gasteiger partial charge in [-0.1, -0.05) is 29.0 Å². The molecule has 1 N–H and O–H groups in total. The number of hydrogen-bond acceptors (Lipinski definition) is 7. The SMILES string of the molecule is O=C(COc1ccc(Cl)c2cccnc12)Nc1nnc(-c2ccccn2)s1. The topological polar surface area (TPSA) is 89.9 Å². The summed E-state index contributed by atoms with van der Waals surface area (Å²) in [5, 5.41) is 13.0. The van der Waals surface area contributed by atoms with Gasteiger partial charge in [0, 0.05) is 17.8 Å². The van der Waals surface area contributed by atoms with Crippen molar-refractivity contribution in [2.45, 2.75) is 0 Å². The highest BCUT2D eigenvalue weighted by Crippen LogP contribution is 2.29. The Hall–Kier alpha value is -3.10. The summed E-state index contributed by atoms with van der Waals surface area (Å²) in [7, 11) is 0. The Morgan fingerprint density at radius 1 is 1.07 bits per heavy atom. The third kappa shape index (κ3) is 3.86. The second-order valence-electron chi connectivity index (χ2n) is 5.41. The van der Waals surface area contributed by atoms with Crippen LogP contribution >= 0.6 is 22.9 Å². The van der Waals surface area contributed by atoms with Gasteiger partial charge in [0.1, 0.15) is 17.0 Å². The maximum absolute atomic E-state index is 12.2. The van der Waals surface area contributed by atoms with Crippen molar-refractivity contribution in [1.82, 2.24) is 20.2 Å². The summed E-state index contributed by atoms with van der Waals surface area (Å²) in [4.78, 5) is 20.7. The van der Waals surface area contributed by atoms with Crippen molar-refractivity contribution < 1.29 is 9.53 Å². The minimum atomic E-state index is -0.349. The number of amides is 1. The first-order valence-corrected chi connectivity index (χ1v) is 9.11. The molecule has 3 aromatic heterocycles. The number of hydrogen-bond donors (Lipinski definition) is 1. The first kappa shape index (κ1) is 17.3. The first-order valence-electron chi connectivity index (χ1n) is 7.91. The molecule has 27 heavy (non-hydrogen) atoms. The summed E-state index contributed by atoms with van der Waals surface area (Å²) in [5.41, 5.74) is 1.30. The highest BCUT2D eigenvalue weighted by atomic mass is 35.5. The van der Waals surface area contributed by atoms with Crippen LogP contribution in [0.4, 0.5) is 5.13 Å². The number of pyridine rings is 2. The standard InChI is InChI=1S/C18H12ClN5O2S/c19-12-6-7-14(16-11(12)4-3-9-21-16)26-10-15(25)22-18-24-23-17(27-18)13-5-1-2-8-20-13/h1-9H,10H2,(H,22,24,25). The van der Waals surface area contributed by atoms with Crippen LogP contribution in [0.3, 0.4) is 0 Å². The van der Waals surface area contributed by atoms with Gasteiger partial charge in [-0.2, -0.15) is 0 Å². The van der Waals surface area contributed by atoms with Crippen LogP contribution in [0.15, 0.2) is 54.9 Å². The number of fused-ring (bicyclic) bond motifs is 1. The van der Waals surface area contributed by atoms with Crippen LogP contribution in [-0.4, -0.2) is 32.7 Å². The highest BCUT2D eigenvalue weighted by Gasteiger charge is 2.12. The Balaban J connectivity index is 1.42. The molecule has 9 heteroatoms. The molecule has 3 heterocycles. The van der Waals surface area contributed by atoms with Gasteiger partial charge in [-0.15, -0.1) is 10.2 Å². The number of rotatable bonds is 5. The van der Waals surface area contributed by atoms with Crippen molar-refractivity contribution in [1.29, 1.82) is 0 Å². The normalized spacial score (nSPS) is 10.7. The number of benzene rings is 1. The number of aromatic nitrogens is 4. The van der Waals surface area contributed by atoms with E-state index in [4.69, 9.17) is 16.3 Å². The second kappa shape index (κ2) is 7.65. The Labute approximate surface area is 163 Å². The summed E-state index contributed by atoms with van der Waals surface area (Å²) in [6.45, 7) is -0.189. The van der Waals surface area contributed by atoms with E-state index in [-0.39, 0.29) is 12.5 Å². The molecule has 134 valence electrons. The number of nitrogens with zero attached hydrogens (tertiary/aromatic N) is 4. The average Bonchev–Trinajstić information content (AvgIpc) is 3.17. The van der Waals surface area contributed by atoms with Crippen LogP contribution in [0.2, 0.25) is 5.02 Å². The average molecular weight is 398 g/mol. The van der Waals surface area contributed by atoms with Crippen LogP contribution in [-0.2, 0) is 4.79 Å². The number of carbonyl (C=O) groups excluding carboxylic acids is 1. The molecule has 4 rings (SSSR count). The lowest BCUT2D eigenvalue weighted by molar-refractivity contribution is -0.118. The molecule has 0 atom stereocenters. The molecular weight excluding hydrogens is 386 g/mol. The van der Waals surface area contributed by atoms with E-state index >= 15 is 0 Å². The highest BCUT2D eigenvalue weighted by molar-refractivity contribution is 7.18. The van der Waals surface area contributed by atoms with E-state index in [0.717, 1.165) is 5.39 Å². The number of carbonyl (C=O) groups is 1. The van der Waals surface area contributed by atoms with Crippen LogP contribution < -0.4 is 10.1 Å². The van der Waals surface area contributed by atoms with Crippen molar-refractivity contribution in [3.05, 3.63) is 59.9 Å². The fourth-order valence-corrected chi connectivity index (χ4v) is 3.35. The molecular formula is C18H12ClN5O2S. The summed E-state index contributed by atoms with van der Waals surface area (Å²) in [5.74, 6) is 0.134. The molecule has 1 aromatic carbocycles. The summed E-state index contributed by atoms with van der Waals surface area (Å²) in [6.07, 6.45) is 3.32. The van der Waals surface area contributed by atoms with E-state index in [1.807, 2.05) is 24.3 Å². The van der Waals surface area contributed by atoms with Crippen molar-refractivity contribution in [3.63, 3.8) is 0 Å². The van der Waals surface area contributed by atoms with E-state index in [0.29, 0.717) is 32.1 Å². The third-order valence-electron chi connectivity index (χ3n) is 3.59. The van der Waals surface area contributed by atoms with E-state index in [1.165, 1.54) is 11.3 Å². The molecule has 7 nitrogen and oxygen atoms in total. The van der Waals surface area contributed by atoms with Crippen molar-refractivity contribution in [2.75, 3.05) is 11.9 Å². The minimum absolute atomic E-state index is 0.189. The van der Waals surface area contributed by atoms with Crippen LogP contribution in [0, 0.1) is 0 Å². The molecule has 0 aliphatic heterocycles. The van der Waals surface area contributed by atoms with Gasteiger partial charge in [0.25, 0.3) is 5.91 Å². The number of halogens is 1. The third-order valence-corrected chi connectivity index (χ3v) is 4.78. The predicted molar refractivity (Wildman–Crippen MR) is 104 cm³/mol. The number of anilines is 1. The summed E-state index contributed by atoms with van der Waals surface area (Å²) in [6, 6.07) is 12.5. The Bertz CT molecular complexity index is 1100. The number of ether oxygens (including phenoxy) is 1. The zero-order valence-electron chi connectivity index (χ0n) is 13.8. The molecule has 0 saturated carbocycles. The van der Waals surface area contributed by atoms with Gasteiger partial charge in [-0.05, 0) is 36.4 Å². The van der Waals surface area contributed by atoms with E-state index in [2.05, 4.69) is 25.5 Å². The fourth-order valence-electron chi connectivity index (χ4n) is 2.39. The largest absolute Gasteiger partial charge is 0.481 e. The van der Waals surface area contributed by atoms with Gasteiger partial charge in [-0.25, -0.2) is 0 Å². The Kier molecular flexibility index (Phi) is 4.91. The Morgan fingerprint density at radius 2 is 1.96 bits per heavy atom. The molecule has 0 radical (unpaired) electrons. The molecule has 0 aliphatic carbocycles. The molecule has 0 aliphatic rings. The van der Waals surface area contributed by atoms with Gasteiger partial charge >= 0.3 is 0 Å². The van der Waals surface area contributed by atoms with Crippen LogP contribution in [0.25, 0.3) is 21.6 Å². The number of nitrogens with one attached hydrogen (secondary N) is 1. The molecule has 0 bridgehead atoms. The van der Waals surface area contributed by atoms with Gasteiger partial charge < -0.3 is 4.74 Å². The first-order chi connectivity index (χ1) is 13.2. The zero-order chi connectivity index (χ0) is 18.6. The predicted octanol–water partition coefficient (Wildman–Crippen LogP) is 3.82. The van der Waals surface area contributed by atoms with Gasteiger partial charge in [0.2, 0.25) is 5.13 Å². The van der Waals surface area contributed by atoms with Crippen molar-refractivity contribution in [2.24, 2.45) is 0 Å². The molecule has 0 unspecified atom stereocenters. The van der Waals surface area contributed by atoms with Gasteiger partial charge in [0.05, 0.1) is 5.02 Å². The zero-order valence-corrected chi connectivity index (χ0v) is 15.4. The monoisotopic (exact) mass is 397 g/mol. The maximum Gasteiger partial charge on any atom is 0.264 e. The molecule has 0 saturated heterocycles. The second-order valence-corrected chi connectivity index (χ2v) is 6.79. The van der Waals surface area contributed by atoms with Crippen molar-refractivity contribution in [3.8, 4) is 16.5 Å². The van der Waals surface area contributed by atoms with Crippen LogP contribution in [0.5, 0.6) is 5.75 Å². The van der Waals surface area contributed by atoms with E-state index in [9.17, 15) is 4.79 Å². The van der Waals surface area contributed by atoms with E-state index < -0.39 is 0 Å². The lowest BCUT2D eigenvalue weighted by atomic mass is 10.2. The lowest BCUT2D eigenvalue weighted by Crippen LogP contribution is -2.20. The van der Waals surface area contributed by atoms with Crippen LogP contribution in [0.1, 0.15) is 0 Å². The summed E-state index contributed by atoms with van der Waals surface area (Å²) < 4.78 is 5.61. The lowest BCUT2D eigenvalue weighted by Gasteiger charge is -2.09. The Morgan fingerprint density at radius 3 is 2.81 bits per heavy atom.